The van der Waals surface area contributed by atoms with Crippen molar-refractivity contribution >= 4 is 5.97 Å². The molecule has 1 heterocycles. The minimum absolute atomic E-state index is 0.291. The number of hydrogen-bond acceptors (Lipinski definition) is 2. The van der Waals surface area contributed by atoms with Gasteiger partial charge in [0.2, 0.25) is 0 Å². The fourth-order valence-corrected chi connectivity index (χ4v) is 5.20. The van der Waals surface area contributed by atoms with E-state index >= 15 is 0 Å². The quantitative estimate of drug-likeness (QED) is 0.903. The topological polar surface area (TPSA) is 50.4 Å². The molecule has 0 aliphatic heterocycles. The highest BCUT2D eigenvalue weighted by Gasteiger charge is 2.48. The monoisotopic (exact) mass is 260 g/mol. The summed E-state index contributed by atoms with van der Waals surface area (Å²) in [5, 5.41) is 8.95. The van der Waals surface area contributed by atoms with E-state index < -0.39 is 5.97 Å². The maximum absolute atomic E-state index is 10.9. The van der Waals surface area contributed by atoms with Crippen LogP contribution in [0.5, 0.6) is 0 Å². The summed E-state index contributed by atoms with van der Waals surface area (Å²) >= 11 is 0. The molecule has 1 aromatic heterocycles. The summed E-state index contributed by atoms with van der Waals surface area (Å²) in [6, 6.07) is 1.72. The van der Waals surface area contributed by atoms with Crippen molar-refractivity contribution in [2.75, 3.05) is 0 Å². The first-order chi connectivity index (χ1) is 9.19. The first-order valence-corrected chi connectivity index (χ1v) is 7.49. The van der Waals surface area contributed by atoms with Crippen molar-refractivity contribution in [1.82, 2.24) is 0 Å². The zero-order valence-electron chi connectivity index (χ0n) is 11.0. The summed E-state index contributed by atoms with van der Waals surface area (Å²) in [6.07, 6.45) is 9.43. The van der Waals surface area contributed by atoms with Crippen molar-refractivity contribution in [3.8, 4) is 0 Å². The molecule has 5 rings (SSSR count). The highest BCUT2D eigenvalue weighted by atomic mass is 16.4. The van der Waals surface area contributed by atoms with E-state index in [0.29, 0.717) is 5.56 Å². The maximum Gasteiger partial charge on any atom is 0.338 e. The van der Waals surface area contributed by atoms with Gasteiger partial charge in [-0.05, 0) is 67.8 Å². The van der Waals surface area contributed by atoms with Gasteiger partial charge in [0, 0.05) is 6.42 Å². The first-order valence-electron chi connectivity index (χ1n) is 7.49. The van der Waals surface area contributed by atoms with Crippen molar-refractivity contribution < 1.29 is 14.3 Å². The number of hydrogen-bond donors (Lipinski definition) is 1. The summed E-state index contributed by atoms with van der Waals surface area (Å²) in [5.41, 5.74) is 0.291. The minimum atomic E-state index is -0.889. The van der Waals surface area contributed by atoms with Crippen LogP contribution in [0.15, 0.2) is 16.7 Å². The molecule has 4 fully saturated rings. The number of carbonyl (C=O) groups is 1. The molecule has 0 unspecified atom stereocenters. The average Bonchev–Trinajstić information content (AvgIpc) is 2.81. The lowest BCUT2D eigenvalue weighted by Gasteiger charge is -2.54. The second-order valence-electron chi connectivity index (χ2n) is 6.91. The molecule has 3 nitrogen and oxygen atoms in total. The molecular formula is C16H20O3. The van der Waals surface area contributed by atoms with Gasteiger partial charge in [0.15, 0.2) is 0 Å². The minimum Gasteiger partial charge on any atom is -0.478 e. The van der Waals surface area contributed by atoms with E-state index in [1.54, 1.807) is 6.07 Å². The van der Waals surface area contributed by atoms with Crippen molar-refractivity contribution in [2.24, 2.45) is 29.6 Å². The van der Waals surface area contributed by atoms with Gasteiger partial charge in [0.25, 0.3) is 0 Å². The fraction of sp³-hybridized carbons (Fsp3) is 0.688. The third-order valence-corrected chi connectivity index (χ3v) is 5.76. The Morgan fingerprint density at radius 3 is 2.32 bits per heavy atom. The lowest BCUT2D eigenvalue weighted by atomic mass is 9.51. The van der Waals surface area contributed by atoms with Gasteiger partial charge < -0.3 is 9.52 Å². The maximum atomic E-state index is 10.9. The normalized spacial score (nSPS) is 39.7. The number of aromatic carboxylic acids is 1. The van der Waals surface area contributed by atoms with Crippen LogP contribution in [0, 0.1) is 29.6 Å². The molecule has 4 bridgehead atoms. The van der Waals surface area contributed by atoms with E-state index in [1.807, 2.05) is 0 Å². The van der Waals surface area contributed by atoms with Crippen LogP contribution in [0.4, 0.5) is 0 Å². The molecule has 0 amide bonds. The third kappa shape index (κ3) is 1.90. The predicted molar refractivity (Wildman–Crippen MR) is 69.9 cm³/mol. The smallest absolute Gasteiger partial charge is 0.338 e. The van der Waals surface area contributed by atoms with E-state index in [4.69, 9.17) is 9.52 Å². The van der Waals surface area contributed by atoms with Gasteiger partial charge in [0.1, 0.15) is 12.0 Å². The van der Waals surface area contributed by atoms with Gasteiger partial charge in [-0.25, -0.2) is 4.79 Å². The van der Waals surface area contributed by atoms with Crippen LogP contribution in [0.3, 0.4) is 0 Å². The van der Waals surface area contributed by atoms with Crippen LogP contribution in [-0.4, -0.2) is 11.1 Å². The Labute approximate surface area is 113 Å². The summed E-state index contributed by atoms with van der Waals surface area (Å²) in [4.78, 5) is 10.9. The van der Waals surface area contributed by atoms with Gasteiger partial charge in [-0.3, -0.25) is 0 Å². The molecule has 19 heavy (non-hydrogen) atoms. The van der Waals surface area contributed by atoms with E-state index in [2.05, 4.69) is 0 Å². The molecule has 4 saturated carbocycles. The summed E-state index contributed by atoms with van der Waals surface area (Å²) < 4.78 is 5.45. The zero-order valence-corrected chi connectivity index (χ0v) is 11.0. The van der Waals surface area contributed by atoms with Crippen LogP contribution in [0.1, 0.15) is 48.2 Å². The Bertz CT molecular complexity index is 474. The molecule has 0 spiro atoms. The lowest BCUT2D eigenvalue weighted by molar-refractivity contribution is -0.0377. The zero-order chi connectivity index (χ0) is 13.0. The predicted octanol–water partition coefficient (Wildman–Crippen LogP) is 3.59. The van der Waals surface area contributed by atoms with E-state index in [9.17, 15) is 4.79 Å². The highest BCUT2D eigenvalue weighted by molar-refractivity contribution is 5.87. The van der Waals surface area contributed by atoms with Gasteiger partial charge in [-0.1, -0.05) is 0 Å². The van der Waals surface area contributed by atoms with Crippen LogP contribution >= 0.6 is 0 Å². The molecule has 0 atom stereocenters. The molecule has 0 saturated heterocycles. The fourth-order valence-electron chi connectivity index (χ4n) is 5.20. The van der Waals surface area contributed by atoms with Gasteiger partial charge in [-0.2, -0.15) is 0 Å². The number of carboxylic acid groups (broad SMARTS) is 1. The summed E-state index contributed by atoms with van der Waals surface area (Å²) in [7, 11) is 0. The standard InChI is InChI=1S/C16H20O3/c17-16(18)13-6-14(19-8-13)7-15-11-2-9-1-10(4-11)5-12(15)3-9/h6,8-12,15H,1-5,7H2,(H,17,18). The SMILES string of the molecule is O=C(O)c1coc(CC2C3CC4CC(C3)CC2C4)c1. The molecule has 4 aliphatic carbocycles. The summed E-state index contributed by atoms with van der Waals surface area (Å²) in [5.74, 6) is 4.44. The Morgan fingerprint density at radius 2 is 1.79 bits per heavy atom. The number of furan rings is 1. The van der Waals surface area contributed by atoms with E-state index in [-0.39, 0.29) is 0 Å². The Kier molecular flexibility index (Phi) is 2.51. The van der Waals surface area contributed by atoms with Crippen molar-refractivity contribution in [3.05, 3.63) is 23.7 Å². The Morgan fingerprint density at radius 1 is 1.16 bits per heavy atom. The van der Waals surface area contributed by atoms with Crippen LogP contribution in [-0.2, 0) is 6.42 Å². The van der Waals surface area contributed by atoms with Crippen LogP contribution in [0.25, 0.3) is 0 Å². The van der Waals surface area contributed by atoms with Crippen molar-refractivity contribution in [2.45, 2.75) is 38.5 Å². The molecular weight excluding hydrogens is 240 g/mol. The van der Waals surface area contributed by atoms with Gasteiger partial charge in [-0.15, -0.1) is 0 Å². The molecule has 1 aromatic rings. The number of rotatable bonds is 3. The second kappa shape index (κ2) is 4.12. The summed E-state index contributed by atoms with van der Waals surface area (Å²) in [6.45, 7) is 0. The molecule has 0 aromatic carbocycles. The largest absolute Gasteiger partial charge is 0.478 e. The molecule has 0 radical (unpaired) electrons. The van der Waals surface area contributed by atoms with E-state index in [1.165, 1.54) is 38.4 Å². The second-order valence-corrected chi connectivity index (χ2v) is 6.91. The Balaban J connectivity index is 1.51. The molecule has 3 heteroatoms. The molecule has 4 aliphatic rings. The first kappa shape index (κ1) is 11.6. The van der Waals surface area contributed by atoms with Gasteiger partial charge >= 0.3 is 5.97 Å². The molecule has 1 N–H and O–H groups in total. The average molecular weight is 260 g/mol. The number of carboxylic acids is 1. The van der Waals surface area contributed by atoms with Gasteiger partial charge in [0.05, 0.1) is 5.56 Å². The third-order valence-electron chi connectivity index (χ3n) is 5.76. The van der Waals surface area contributed by atoms with Crippen LogP contribution < -0.4 is 0 Å². The highest BCUT2D eigenvalue weighted by Crippen LogP contribution is 2.57. The Hall–Kier alpha value is -1.25. The molecule has 102 valence electrons. The lowest BCUT2D eigenvalue weighted by Crippen LogP contribution is -2.45. The van der Waals surface area contributed by atoms with Crippen molar-refractivity contribution in [1.29, 1.82) is 0 Å². The van der Waals surface area contributed by atoms with Crippen LogP contribution in [0.2, 0.25) is 0 Å². The van der Waals surface area contributed by atoms with E-state index in [0.717, 1.165) is 41.8 Å². The van der Waals surface area contributed by atoms with Crippen molar-refractivity contribution in [3.63, 3.8) is 0 Å².